The average Bonchev–Trinajstić information content (AvgIpc) is 2.91. The van der Waals surface area contributed by atoms with Crippen molar-refractivity contribution >= 4 is 35.4 Å². The van der Waals surface area contributed by atoms with Gasteiger partial charge in [0, 0.05) is 23.3 Å². The van der Waals surface area contributed by atoms with E-state index < -0.39 is 35.0 Å². The van der Waals surface area contributed by atoms with Gasteiger partial charge in [0.2, 0.25) is 0 Å². The molecule has 0 radical (unpaired) electrons. The van der Waals surface area contributed by atoms with Crippen molar-refractivity contribution in [3.05, 3.63) is 111 Å². The zero-order valence-corrected chi connectivity index (χ0v) is 22.4. The molecule has 10 heteroatoms. The number of carbonyl (C=O) groups excluding carboxylic acids is 2. The maximum Gasteiger partial charge on any atom is 0.254 e. The fraction of sp³-hybridized carbons (Fsp3) is 0.200. The van der Waals surface area contributed by atoms with Crippen molar-refractivity contribution in [1.29, 1.82) is 0 Å². The van der Waals surface area contributed by atoms with Gasteiger partial charge in [-0.2, -0.15) is 0 Å². The van der Waals surface area contributed by atoms with Gasteiger partial charge in [-0.15, -0.1) is 0 Å². The van der Waals surface area contributed by atoms with Crippen LogP contribution in [0, 0.1) is 23.3 Å². The van der Waals surface area contributed by atoms with Crippen molar-refractivity contribution in [2.45, 2.75) is 0 Å². The molecule has 3 aromatic carbocycles. The Bertz CT molecular complexity index is 1450. The maximum absolute atomic E-state index is 13.8. The lowest BCUT2D eigenvalue weighted by Crippen LogP contribution is -2.41. The Morgan fingerprint density at radius 3 is 1.90 bits per heavy atom. The van der Waals surface area contributed by atoms with Gasteiger partial charge in [0.1, 0.15) is 12.4 Å². The van der Waals surface area contributed by atoms with Crippen LogP contribution in [-0.2, 0) is 4.79 Å². The number of likely N-dealkylation sites (tertiary alicyclic amines) is 1. The Hall–Kier alpha value is -3.95. The van der Waals surface area contributed by atoms with Gasteiger partial charge in [-0.25, -0.2) is 17.6 Å². The summed E-state index contributed by atoms with van der Waals surface area (Å²) in [4.78, 5) is 30.2. The molecular weight excluding hydrogens is 548 g/mol. The number of hydrogen-bond donors (Lipinski definition) is 0. The molecule has 208 valence electrons. The third-order valence-electron chi connectivity index (χ3n) is 6.14. The molecule has 0 N–H and O–H groups in total. The fourth-order valence-electron chi connectivity index (χ4n) is 4.06. The smallest absolute Gasteiger partial charge is 0.254 e. The van der Waals surface area contributed by atoms with Crippen molar-refractivity contribution in [3.8, 4) is 5.75 Å². The Morgan fingerprint density at radius 1 is 0.875 bits per heavy atom. The summed E-state index contributed by atoms with van der Waals surface area (Å²) in [5.41, 5.74) is 0.902. The van der Waals surface area contributed by atoms with Gasteiger partial charge < -0.3 is 14.5 Å². The second-order valence-electron chi connectivity index (χ2n) is 9.47. The minimum Gasteiger partial charge on any atom is -0.491 e. The summed E-state index contributed by atoms with van der Waals surface area (Å²) in [6, 6.07) is 10.9. The lowest BCUT2D eigenvalue weighted by atomic mass is 9.93. The van der Waals surface area contributed by atoms with Crippen LogP contribution < -0.4 is 4.74 Å². The average molecular weight is 573 g/mol. The first-order valence-electron chi connectivity index (χ1n) is 12.2. The number of Topliss-reactive ketones (excluding diaryl/α,β-unsaturated/α-hetero) is 1. The first kappa shape index (κ1) is 29.0. The van der Waals surface area contributed by atoms with Crippen LogP contribution in [0.25, 0.3) is 12.2 Å². The van der Waals surface area contributed by atoms with E-state index in [4.69, 9.17) is 16.3 Å². The van der Waals surface area contributed by atoms with Gasteiger partial charge in [0.25, 0.3) is 5.91 Å². The molecule has 0 saturated carbocycles. The number of hydrogen-bond acceptors (Lipinski definition) is 4. The van der Waals surface area contributed by atoms with E-state index in [1.54, 1.807) is 12.1 Å². The van der Waals surface area contributed by atoms with E-state index >= 15 is 0 Å². The Balaban J connectivity index is 1.67. The summed E-state index contributed by atoms with van der Waals surface area (Å²) in [7, 11) is 3.81. The zero-order valence-electron chi connectivity index (χ0n) is 21.7. The highest BCUT2D eigenvalue weighted by Crippen LogP contribution is 2.28. The van der Waals surface area contributed by atoms with Crippen LogP contribution in [0.4, 0.5) is 17.6 Å². The quantitative estimate of drug-likeness (QED) is 0.256. The lowest BCUT2D eigenvalue weighted by molar-refractivity contribution is -0.113. The number of carbonyl (C=O) groups is 2. The summed E-state index contributed by atoms with van der Waals surface area (Å²) >= 11 is 6.36. The molecule has 0 bridgehead atoms. The summed E-state index contributed by atoms with van der Waals surface area (Å²) in [5, 5.41) is 0.229. The first-order valence-corrected chi connectivity index (χ1v) is 12.6. The monoisotopic (exact) mass is 572 g/mol. The van der Waals surface area contributed by atoms with Crippen LogP contribution in [-0.4, -0.2) is 61.8 Å². The molecule has 1 saturated heterocycles. The summed E-state index contributed by atoms with van der Waals surface area (Å²) < 4.78 is 60.2. The third-order valence-corrected chi connectivity index (χ3v) is 6.43. The number of amides is 1. The van der Waals surface area contributed by atoms with Crippen LogP contribution in [0.1, 0.15) is 21.5 Å². The molecule has 0 aliphatic carbocycles. The molecule has 1 amide bonds. The second kappa shape index (κ2) is 12.5. The zero-order chi connectivity index (χ0) is 29.0. The molecule has 1 heterocycles. The highest BCUT2D eigenvalue weighted by Gasteiger charge is 2.30. The normalized spacial score (nSPS) is 15.8. The van der Waals surface area contributed by atoms with Crippen molar-refractivity contribution < 1.29 is 31.9 Å². The van der Waals surface area contributed by atoms with E-state index in [-0.39, 0.29) is 45.9 Å². The molecule has 1 aliphatic rings. The van der Waals surface area contributed by atoms with Gasteiger partial charge in [0.15, 0.2) is 29.1 Å². The van der Waals surface area contributed by atoms with Crippen molar-refractivity contribution in [3.63, 3.8) is 0 Å². The Kier molecular flexibility index (Phi) is 9.07. The molecule has 0 unspecified atom stereocenters. The van der Waals surface area contributed by atoms with Crippen LogP contribution in [0.5, 0.6) is 5.75 Å². The van der Waals surface area contributed by atoms with Gasteiger partial charge >= 0.3 is 0 Å². The van der Waals surface area contributed by atoms with E-state index in [1.807, 2.05) is 19.0 Å². The third kappa shape index (κ3) is 6.97. The number of rotatable bonds is 7. The minimum absolute atomic E-state index is 0.120. The van der Waals surface area contributed by atoms with E-state index in [0.29, 0.717) is 18.9 Å². The topological polar surface area (TPSA) is 49.9 Å². The number of piperidine rings is 1. The van der Waals surface area contributed by atoms with Crippen LogP contribution >= 0.6 is 11.6 Å². The molecular formula is C30H25ClF4N2O3. The number of benzene rings is 3. The molecule has 0 aromatic heterocycles. The van der Waals surface area contributed by atoms with Crippen molar-refractivity contribution in [2.24, 2.45) is 0 Å². The molecule has 1 fully saturated rings. The van der Waals surface area contributed by atoms with Crippen molar-refractivity contribution in [2.75, 3.05) is 40.3 Å². The van der Waals surface area contributed by atoms with Crippen LogP contribution in [0.3, 0.4) is 0 Å². The van der Waals surface area contributed by atoms with Gasteiger partial charge in [-0.05, 0) is 79.8 Å². The Morgan fingerprint density at radius 2 is 1.43 bits per heavy atom. The Labute approximate surface area is 233 Å². The predicted molar refractivity (Wildman–Crippen MR) is 145 cm³/mol. The highest BCUT2D eigenvalue weighted by molar-refractivity contribution is 6.32. The largest absolute Gasteiger partial charge is 0.491 e. The summed E-state index contributed by atoms with van der Waals surface area (Å²) in [6.07, 6.45) is 2.72. The van der Waals surface area contributed by atoms with Crippen LogP contribution in [0.15, 0.2) is 65.7 Å². The van der Waals surface area contributed by atoms with E-state index in [1.165, 1.54) is 35.3 Å². The molecule has 1 aliphatic heterocycles. The SMILES string of the molecule is CN(C)CCOc1ccc(C(=O)N2C/C(=C\c3ccc(F)c(F)c3)C(=O)/C(=C/c3ccc(F)c(F)c3)C2)cc1Cl. The number of halogens is 5. The van der Waals surface area contributed by atoms with Gasteiger partial charge in [-0.3, -0.25) is 9.59 Å². The summed E-state index contributed by atoms with van der Waals surface area (Å²) in [5.74, 6) is -4.79. The maximum atomic E-state index is 13.8. The van der Waals surface area contributed by atoms with E-state index in [0.717, 1.165) is 24.3 Å². The fourth-order valence-corrected chi connectivity index (χ4v) is 4.30. The molecule has 0 spiro atoms. The second-order valence-corrected chi connectivity index (χ2v) is 9.88. The molecule has 3 aromatic rings. The lowest BCUT2D eigenvalue weighted by Gasteiger charge is -2.30. The highest BCUT2D eigenvalue weighted by atomic mass is 35.5. The number of likely N-dealkylation sites (N-methyl/N-ethyl adjacent to an activating group) is 1. The number of ketones is 1. The molecule has 0 atom stereocenters. The first-order chi connectivity index (χ1) is 19.0. The predicted octanol–water partition coefficient (Wildman–Crippen LogP) is 6.03. The molecule has 4 rings (SSSR count). The number of ether oxygens (including phenoxy) is 1. The van der Waals surface area contributed by atoms with Gasteiger partial charge in [0.05, 0.1) is 18.1 Å². The van der Waals surface area contributed by atoms with Crippen LogP contribution in [0.2, 0.25) is 5.02 Å². The molecule has 5 nitrogen and oxygen atoms in total. The van der Waals surface area contributed by atoms with Crippen molar-refractivity contribution in [1.82, 2.24) is 9.80 Å². The van der Waals surface area contributed by atoms with E-state index in [9.17, 15) is 27.2 Å². The van der Waals surface area contributed by atoms with Gasteiger partial charge in [-0.1, -0.05) is 23.7 Å². The summed E-state index contributed by atoms with van der Waals surface area (Å²) in [6.45, 7) is 0.790. The molecule has 40 heavy (non-hydrogen) atoms. The number of nitrogens with zero attached hydrogens (tertiary/aromatic N) is 2. The standard InChI is InChI=1S/C30H25ClF4N2O3/c1-36(2)9-10-40-28-8-5-20(15-23(28)31)30(39)37-16-21(11-18-3-6-24(32)26(34)13-18)29(38)22(17-37)12-19-4-7-25(33)27(35)14-19/h3-8,11-15H,9-10,16-17H2,1-2H3/b21-11+,22-12+. The van der Waals surface area contributed by atoms with E-state index in [2.05, 4.69) is 0 Å². The minimum atomic E-state index is -1.09.